The zero-order chi connectivity index (χ0) is 37.9. The van der Waals surface area contributed by atoms with Crippen molar-refractivity contribution in [2.24, 2.45) is 0 Å². The molecule has 8 aromatic carbocycles. The van der Waals surface area contributed by atoms with Gasteiger partial charge in [0.05, 0.1) is 11.4 Å². The van der Waals surface area contributed by atoms with Gasteiger partial charge in [-0.1, -0.05) is 158 Å². The topological polar surface area (TPSA) is 38.9 Å². The van der Waals surface area contributed by atoms with E-state index in [1.807, 2.05) is 30.3 Å². The predicted octanol–water partition coefficient (Wildman–Crippen LogP) is 14.0. The second-order valence-corrected chi connectivity index (χ2v) is 15.1. The molecule has 1 aliphatic carbocycles. The van der Waals surface area contributed by atoms with Gasteiger partial charge < -0.3 is 4.42 Å². The third kappa shape index (κ3) is 5.50. The standard InChI is InChI=1S/C54H36N2O/c1-54(47-25-8-5-22-43(47)44-23-6-9-26-48(44)54)42-21-13-18-38(32-42)36-16-11-19-40(30-36)49-34-50(56-53(55-49)35-14-3-2-4-15-35)41-20-12-17-37(31-41)39-28-29-52-46(33-39)45-24-7-10-27-51(45)57-52/h2-34H,1H3. The van der Waals surface area contributed by atoms with E-state index in [1.54, 1.807) is 0 Å². The smallest absolute Gasteiger partial charge is 0.160 e. The summed E-state index contributed by atoms with van der Waals surface area (Å²) >= 11 is 0. The van der Waals surface area contributed by atoms with Crippen LogP contribution in [-0.4, -0.2) is 9.97 Å². The number of aromatic nitrogens is 2. The second-order valence-electron chi connectivity index (χ2n) is 15.1. The lowest BCUT2D eigenvalue weighted by molar-refractivity contribution is 0.669. The highest BCUT2D eigenvalue weighted by Gasteiger charge is 2.40. The van der Waals surface area contributed by atoms with Gasteiger partial charge in [0.2, 0.25) is 0 Å². The van der Waals surface area contributed by atoms with Crippen molar-refractivity contribution in [2.75, 3.05) is 0 Å². The molecule has 0 fully saturated rings. The summed E-state index contributed by atoms with van der Waals surface area (Å²) in [6, 6.07) is 71.2. The molecule has 1 aliphatic rings. The zero-order valence-electron chi connectivity index (χ0n) is 31.4. The maximum absolute atomic E-state index is 6.13. The number of rotatable bonds is 6. The van der Waals surface area contributed by atoms with E-state index in [0.29, 0.717) is 5.82 Å². The lowest BCUT2D eigenvalue weighted by Gasteiger charge is -2.28. The van der Waals surface area contributed by atoms with Crippen molar-refractivity contribution in [3.8, 4) is 67.3 Å². The molecule has 0 amide bonds. The molecule has 57 heavy (non-hydrogen) atoms. The summed E-state index contributed by atoms with van der Waals surface area (Å²) in [4.78, 5) is 10.4. The van der Waals surface area contributed by atoms with E-state index in [4.69, 9.17) is 14.4 Å². The zero-order valence-corrected chi connectivity index (χ0v) is 31.4. The molecule has 0 atom stereocenters. The Bertz CT molecular complexity index is 3110. The van der Waals surface area contributed by atoms with Crippen molar-refractivity contribution >= 4 is 21.9 Å². The van der Waals surface area contributed by atoms with Crippen LogP contribution in [0.2, 0.25) is 0 Å². The van der Waals surface area contributed by atoms with E-state index < -0.39 is 0 Å². The molecule has 11 rings (SSSR count). The number of benzene rings is 8. The van der Waals surface area contributed by atoms with Crippen molar-refractivity contribution in [1.82, 2.24) is 9.97 Å². The minimum Gasteiger partial charge on any atom is -0.456 e. The van der Waals surface area contributed by atoms with Gasteiger partial charge in [-0.3, -0.25) is 0 Å². The number of furan rings is 1. The van der Waals surface area contributed by atoms with Gasteiger partial charge in [0.1, 0.15) is 11.2 Å². The minimum absolute atomic E-state index is 0.264. The van der Waals surface area contributed by atoms with Gasteiger partial charge in [0.15, 0.2) is 5.82 Å². The Morgan fingerprint density at radius 3 is 1.56 bits per heavy atom. The highest BCUT2D eigenvalue weighted by Crippen LogP contribution is 2.52. The Morgan fingerprint density at radius 2 is 0.877 bits per heavy atom. The third-order valence-electron chi connectivity index (χ3n) is 11.8. The van der Waals surface area contributed by atoms with Crippen LogP contribution >= 0.6 is 0 Å². The molecule has 0 spiro atoms. The molecule has 0 N–H and O–H groups in total. The molecule has 0 unspecified atom stereocenters. The van der Waals surface area contributed by atoms with Crippen molar-refractivity contribution in [1.29, 1.82) is 0 Å². The first-order chi connectivity index (χ1) is 28.1. The Balaban J connectivity index is 1.000. The van der Waals surface area contributed by atoms with E-state index in [2.05, 4.69) is 177 Å². The molecular weight excluding hydrogens is 693 g/mol. The van der Waals surface area contributed by atoms with Gasteiger partial charge in [-0.2, -0.15) is 0 Å². The normalized spacial score (nSPS) is 12.8. The Kier molecular flexibility index (Phi) is 7.61. The molecule has 0 bridgehead atoms. The maximum Gasteiger partial charge on any atom is 0.160 e. The van der Waals surface area contributed by atoms with Crippen molar-refractivity contribution in [2.45, 2.75) is 12.3 Å². The molecule has 0 saturated heterocycles. The molecule has 2 aromatic heterocycles. The van der Waals surface area contributed by atoms with Crippen LogP contribution in [0, 0.1) is 0 Å². The number of hydrogen-bond donors (Lipinski definition) is 0. The van der Waals surface area contributed by atoms with Crippen LogP contribution in [0.1, 0.15) is 23.6 Å². The molecule has 10 aromatic rings. The summed E-state index contributed by atoms with van der Waals surface area (Å²) in [5.74, 6) is 0.693. The number of fused-ring (bicyclic) bond motifs is 6. The average Bonchev–Trinajstić information content (AvgIpc) is 3.79. The highest BCUT2D eigenvalue weighted by molar-refractivity contribution is 6.06. The van der Waals surface area contributed by atoms with Crippen molar-refractivity contribution in [3.05, 3.63) is 217 Å². The molecule has 3 heteroatoms. The largest absolute Gasteiger partial charge is 0.456 e. The molecule has 268 valence electrons. The molecule has 2 heterocycles. The number of hydrogen-bond acceptors (Lipinski definition) is 3. The van der Waals surface area contributed by atoms with E-state index in [0.717, 1.165) is 66.7 Å². The minimum atomic E-state index is -0.264. The van der Waals surface area contributed by atoms with Gasteiger partial charge in [-0.05, 0) is 99.5 Å². The van der Waals surface area contributed by atoms with Crippen LogP contribution < -0.4 is 0 Å². The predicted molar refractivity (Wildman–Crippen MR) is 234 cm³/mol. The SMILES string of the molecule is CC1(c2cccc(-c3cccc(-c4cc(-c5cccc(-c6ccc7oc8ccccc8c7c6)c5)nc(-c5ccccc5)n4)c3)c2)c2ccccc2-c2ccccc21. The quantitative estimate of drug-likeness (QED) is 0.171. The fourth-order valence-electron chi connectivity index (χ4n) is 8.85. The molecule has 0 saturated carbocycles. The highest BCUT2D eigenvalue weighted by atomic mass is 16.3. The second kappa shape index (κ2) is 13.1. The summed E-state index contributed by atoms with van der Waals surface area (Å²) in [5, 5.41) is 2.23. The van der Waals surface area contributed by atoms with Crippen LogP contribution in [0.5, 0.6) is 0 Å². The van der Waals surface area contributed by atoms with Crippen molar-refractivity contribution < 1.29 is 4.42 Å². The monoisotopic (exact) mass is 728 g/mol. The van der Waals surface area contributed by atoms with Gasteiger partial charge in [0, 0.05) is 32.9 Å². The van der Waals surface area contributed by atoms with E-state index >= 15 is 0 Å². The van der Waals surface area contributed by atoms with E-state index in [1.165, 1.54) is 33.4 Å². The first-order valence-electron chi connectivity index (χ1n) is 19.5. The third-order valence-corrected chi connectivity index (χ3v) is 11.8. The first kappa shape index (κ1) is 33.0. The van der Waals surface area contributed by atoms with E-state index in [9.17, 15) is 0 Å². The van der Waals surface area contributed by atoms with E-state index in [-0.39, 0.29) is 5.41 Å². The first-order valence-corrected chi connectivity index (χ1v) is 19.5. The number of para-hydroxylation sites is 1. The van der Waals surface area contributed by atoms with Crippen LogP contribution in [-0.2, 0) is 5.41 Å². The summed E-state index contributed by atoms with van der Waals surface area (Å²) in [6.45, 7) is 2.37. The van der Waals surface area contributed by atoms with Crippen LogP contribution in [0.4, 0.5) is 0 Å². The Labute approximate surface area is 331 Å². The van der Waals surface area contributed by atoms with Gasteiger partial charge >= 0.3 is 0 Å². The summed E-state index contributed by atoms with van der Waals surface area (Å²) in [7, 11) is 0. The summed E-state index contributed by atoms with van der Waals surface area (Å²) < 4.78 is 6.13. The fraction of sp³-hybridized carbons (Fsp3) is 0.0370. The molecular formula is C54H36N2O. The molecule has 3 nitrogen and oxygen atoms in total. The average molecular weight is 729 g/mol. The summed E-state index contributed by atoms with van der Waals surface area (Å²) in [5.41, 5.74) is 17.5. The van der Waals surface area contributed by atoms with Crippen molar-refractivity contribution in [3.63, 3.8) is 0 Å². The summed E-state index contributed by atoms with van der Waals surface area (Å²) in [6.07, 6.45) is 0. The van der Waals surface area contributed by atoms with Gasteiger partial charge in [-0.25, -0.2) is 9.97 Å². The molecule has 0 radical (unpaired) electrons. The lowest BCUT2D eigenvalue weighted by atomic mass is 9.74. The van der Waals surface area contributed by atoms with Gasteiger partial charge in [-0.15, -0.1) is 0 Å². The lowest BCUT2D eigenvalue weighted by Crippen LogP contribution is -2.22. The van der Waals surface area contributed by atoms with Crippen LogP contribution in [0.3, 0.4) is 0 Å². The Morgan fingerprint density at radius 1 is 0.368 bits per heavy atom. The molecule has 0 aliphatic heterocycles. The van der Waals surface area contributed by atoms with Crippen LogP contribution in [0.15, 0.2) is 205 Å². The number of nitrogens with zero attached hydrogens (tertiary/aromatic N) is 2. The maximum atomic E-state index is 6.13. The van der Waals surface area contributed by atoms with Gasteiger partial charge in [0.25, 0.3) is 0 Å². The van der Waals surface area contributed by atoms with Crippen LogP contribution in [0.25, 0.3) is 89.2 Å². The Hall–Kier alpha value is -7.36. The fourth-order valence-corrected chi connectivity index (χ4v) is 8.85.